The maximum absolute atomic E-state index is 12.6. The minimum atomic E-state index is -3.78. The molecule has 7 nitrogen and oxygen atoms in total. The number of carbonyl (C=O) groups excluding carboxylic acids is 1. The highest BCUT2D eigenvalue weighted by Gasteiger charge is 2.36. The third-order valence-corrected chi connectivity index (χ3v) is 5.34. The van der Waals surface area contributed by atoms with Crippen LogP contribution in [0.25, 0.3) is 0 Å². The Bertz CT molecular complexity index is 762. The fraction of sp³-hybridized carbons (Fsp3) is 0.562. The summed E-state index contributed by atoms with van der Waals surface area (Å²) in [7, 11) is -3.78. The number of ether oxygens (including phenoxy) is 1. The third-order valence-electron chi connectivity index (χ3n) is 3.60. The van der Waals surface area contributed by atoms with E-state index in [4.69, 9.17) is 10.00 Å². The Labute approximate surface area is 142 Å². The average Bonchev–Trinajstić information content (AvgIpc) is 2.93. The summed E-state index contributed by atoms with van der Waals surface area (Å²) in [6.07, 6.45) is 2.12. The number of pyridine rings is 1. The number of aromatic nitrogens is 1. The molecule has 0 N–H and O–H groups in total. The molecule has 1 aliphatic heterocycles. The van der Waals surface area contributed by atoms with Gasteiger partial charge in [-0.25, -0.2) is 18.2 Å². The Kier molecular flexibility index (Phi) is 5.13. The van der Waals surface area contributed by atoms with Gasteiger partial charge < -0.3 is 9.64 Å². The summed E-state index contributed by atoms with van der Waals surface area (Å²) in [4.78, 5) is 17.6. The molecule has 1 aliphatic rings. The Morgan fingerprint density at radius 3 is 2.83 bits per heavy atom. The first kappa shape index (κ1) is 18.2. The van der Waals surface area contributed by atoms with Gasteiger partial charge in [-0.05, 0) is 45.7 Å². The lowest BCUT2D eigenvalue weighted by Crippen LogP contribution is -2.42. The summed E-state index contributed by atoms with van der Waals surface area (Å²) in [5.41, 5.74) is -0.628. The Hall–Kier alpha value is -2.14. The Morgan fingerprint density at radius 2 is 2.21 bits per heavy atom. The van der Waals surface area contributed by atoms with Gasteiger partial charge in [0.15, 0.2) is 14.9 Å². The van der Waals surface area contributed by atoms with Crippen LogP contribution >= 0.6 is 0 Å². The fourth-order valence-corrected chi connectivity index (χ4v) is 4.31. The molecule has 2 heterocycles. The van der Waals surface area contributed by atoms with Crippen LogP contribution < -0.4 is 0 Å². The van der Waals surface area contributed by atoms with E-state index < -0.39 is 27.6 Å². The van der Waals surface area contributed by atoms with Crippen LogP contribution in [0.3, 0.4) is 0 Å². The zero-order valence-electron chi connectivity index (χ0n) is 14.0. The molecule has 1 aromatic rings. The van der Waals surface area contributed by atoms with Crippen LogP contribution in [-0.4, -0.2) is 48.3 Å². The zero-order chi connectivity index (χ0) is 18.0. The van der Waals surface area contributed by atoms with Crippen molar-refractivity contribution in [1.29, 1.82) is 5.26 Å². The van der Waals surface area contributed by atoms with Crippen molar-refractivity contribution in [3.63, 3.8) is 0 Å². The summed E-state index contributed by atoms with van der Waals surface area (Å²) in [5.74, 6) is -0.266. The molecule has 1 atom stereocenters. The fourth-order valence-electron chi connectivity index (χ4n) is 2.63. The van der Waals surface area contributed by atoms with Gasteiger partial charge in [0, 0.05) is 18.8 Å². The molecule has 0 aliphatic carbocycles. The number of amides is 1. The lowest BCUT2D eigenvalue weighted by Gasteiger charge is -2.28. The van der Waals surface area contributed by atoms with E-state index in [2.05, 4.69) is 4.98 Å². The molecule has 24 heavy (non-hydrogen) atoms. The van der Waals surface area contributed by atoms with Crippen molar-refractivity contribution in [2.45, 2.75) is 50.3 Å². The topological polar surface area (TPSA) is 100 Å². The molecule has 0 spiro atoms. The lowest BCUT2D eigenvalue weighted by atomic mass is 10.2. The number of carbonyl (C=O) groups is 1. The smallest absolute Gasteiger partial charge is 0.410 e. The number of sulfone groups is 1. The molecule has 1 unspecified atom stereocenters. The zero-order valence-corrected chi connectivity index (χ0v) is 14.8. The molecule has 130 valence electrons. The molecule has 1 aromatic heterocycles. The van der Waals surface area contributed by atoms with Crippen LogP contribution in [0.15, 0.2) is 23.4 Å². The maximum Gasteiger partial charge on any atom is 0.410 e. The number of hydrogen-bond acceptors (Lipinski definition) is 6. The predicted octanol–water partition coefficient (Wildman–Crippen LogP) is 2.13. The van der Waals surface area contributed by atoms with Crippen LogP contribution in [0.1, 0.15) is 39.2 Å². The van der Waals surface area contributed by atoms with Gasteiger partial charge in [0.05, 0.1) is 11.3 Å². The number of rotatable bonds is 3. The normalized spacial score (nSPS) is 18.2. The number of hydrogen-bond donors (Lipinski definition) is 0. The van der Waals surface area contributed by atoms with Crippen LogP contribution in [0.5, 0.6) is 0 Å². The van der Waals surface area contributed by atoms with Crippen LogP contribution in [0.4, 0.5) is 4.79 Å². The van der Waals surface area contributed by atoms with Crippen molar-refractivity contribution < 1.29 is 17.9 Å². The summed E-state index contributed by atoms with van der Waals surface area (Å²) < 4.78 is 30.6. The second-order valence-electron chi connectivity index (χ2n) is 6.72. The molecule has 0 aromatic carbocycles. The minimum Gasteiger partial charge on any atom is -0.444 e. The summed E-state index contributed by atoms with van der Waals surface area (Å²) in [6, 6.07) is 4.30. The molecule has 1 saturated heterocycles. The lowest BCUT2D eigenvalue weighted by molar-refractivity contribution is 0.0241. The number of likely N-dealkylation sites (tertiary alicyclic amines) is 1. The second-order valence-corrected chi connectivity index (χ2v) is 8.67. The van der Waals surface area contributed by atoms with Gasteiger partial charge in [0.1, 0.15) is 11.7 Å². The molecular formula is C16H21N3O4S. The van der Waals surface area contributed by atoms with E-state index in [0.29, 0.717) is 19.4 Å². The third kappa shape index (κ3) is 4.23. The monoisotopic (exact) mass is 351 g/mol. The van der Waals surface area contributed by atoms with Crippen molar-refractivity contribution in [2.24, 2.45) is 0 Å². The number of nitriles is 1. The highest BCUT2D eigenvalue weighted by molar-refractivity contribution is 7.91. The maximum atomic E-state index is 12.6. The van der Waals surface area contributed by atoms with E-state index in [1.54, 1.807) is 20.8 Å². The molecule has 0 bridgehead atoms. The predicted molar refractivity (Wildman–Crippen MR) is 87.0 cm³/mol. The molecular weight excluding hydrogens is 330 g/mol. The van der Waals surface area contributed by atoms with Crippen molar-refractivity contribution in [3.8, 4) is 6.07 Å². The van der Waals surface area contributed by atoms with E-state index >= 15 is 0 Å². The first-order valence-corrected chi connectivity index (χ1v) is 9.37. The molecule has 0 saturated carbocycles. The molecule has 1 amide bonds. The van der Waals surface area contributed by atoms with Gasteiger partial charge >= 0.3 is 6.09 Å². The van der Waals surface area contributed by atoms with Gasteiger partial charge in [-0.1, -0.05) is 0 Å². The minimum absolute atomic E-state index is 0.0133. The molecule has 2 rings (SSSR count). The number of nitrogens with zero attached hydrogens (tertiary/aromatic N) is 3. The van der Waals surface area contributed by atoms with E-state index in [9.17, 15) is 13.2 Å². The second kappa shape index (κ2) is 6.77. The first-order valence-electron chi connectivity index (χ1n) is 7.71. The van der Waals surface area contributed by atoms with Gasteiger partial charge in [-0.15, -0.1) is 0 Å². The van der Waals surface area contributed by atoms with Gasteiger partial charge in [0.25, 0.3) is 0 Å². The summed E-state index contributed by atoms with van der Waals surface area (Å²) >= 11 is 0. The first-order chi connectivity index (χ1) is 11.1. The molecule has 1 fully saturated rings. The van der Waals surface area contributed by atoms with E-state index in [1.807, 2.05) is 6.07 Å². The van der Waals surface area contributed by atoms with Gasteiger partial charge in [0.2, 0.25) is 0 Å². The van der Waals surface area contributed by atoms with E-state index in [-0.39, 0.29) is 16.3 Å². The Balaban J connectivity index is 2.20. The van der Waals surface area contributed by atoms with Crippen molar-refractivity contribution in [1.82, 2.24) is 9.88 Å². The Morgan fingerprint density at radius 1 is 1.50 bits per heavy atom. The largest absolute Gasteiger partial charge is 0.444 e. The van der Waals surface area contributed by atoms with Gasteiger partial charge in [-0.2, -0.15) is 5.26 Å². The molecule has 0 radical (unpaired) electrons. The highest BCUT2D eigenvalue weighted by atomic mass is 32.2. The van der Waals surface area contributed by atoms with Crippen molar-refractivity contribution in [2.75, 3.05) is 12.3 Å². The van der Waals surface area contributed by atoms with Crippen molar-refractivity contribution in [3.05, 3.63) is 23.9 Å². The van der Waals surface area contributed by atoms with Crippen molar-refractivity contribution >= 4 is 15.9 Å². The van der Waals surface area contributed by atoms with E-state index in [1.165, 1.54) is 23.2 Å². The summed E-state index contributed by atoms with van der Waals surface area (Å²) in [6.45, 7) is 5.75. The van der Waals surface area contributed by atoms with Crippen LogP contribution in [-0.2, 0) is 14.6 Å². The van der Waals surface area contributed by atoms with Crippen LogP contribution in [0.2, 0.25) is 0 Å². The quantitative estimate of drug-likeness (QED) is 0.827. The SMILES string of the molecule is CC(C)(C)OC(=O)N1CCCC1CS(=O)(=O)c1ncccc1C#N. The summed E-state index contributed by atoms with van der Waals surface area (Å²) in [5, 5.41) is 8.84. The van der Waals surface area contributed by atoms with E-state index in [0.717, 1.165) is 0 Å². The van der Waals surface area contributed by atoms with Gasteiger partial charge in [-0.3, -0.25) is 0 Å². The average molecular weight is 351 g/mol. The highest BCUT2D eigenvalue weighted by Crippen LogP contribution is 2.24. The standard InChI is InChI=1S/C16H21N3O4S/c1-16(2,3)23-15(20)19-9-5-7-13(19)11-24(21,22)14-12(10-17)6-4-8-18-14/h4,6,8,13H,5,7,9,11H2,1-3H3. The molecule has 8 heteroatoms. The van der Waals surface area contributed by atoms with Crippen LogP contribution in [0, 0.1) is 11.3 Å².